The zero-order valence-corrected chi connectivity index (χ0v) is 66.3. The number of rotatable bonds is 23. The highest BCUT2D eigenvalue weighted by atomic mass is 32.2. The molecule has 115 heavy (non-hydrogen) atoms. The summed E-state index contributed by atoms with van der Waals surface area (Å²) in [5.41, 5.74) is 14.3. The van der Waals surface area contributed by atoms with Gasteiger partial charge in [-0.05, 0) is 150 Å². The van der Waals surface area contributed by atoms with Gasteiger partial charge < -0.3 is 89.7 Å². The number of fused-ring (bicyclic) bond motifs is 4. The van der Waals surface area contributed by atoms with Gasteiger partial charge in [-0.3, -0.25) is 28.4 Å². The average molecular weight is 1580 g/mol. The van der Waals surface area contributed by atoms with Gasteiger partial charge >= 0.3 is 0 Å². The number of anilines is 6. The molecule has 31 nitrogen and oxygen atoms in total. The lowest BCUT2D eigenvalue weighted by Gasteiger charge is -2.23. The first-order chi connectivity index (χ1) is 55.4. The standard InChI is InChI=1S/C28H31N7O4.C28H31N5O4S.C27H28N6O5/c1-16-13-17(27(37)35(3)4)5-7-21(16)32-28-33-24-23(26(34-28)39-19-9-11-38-12-10-19)20(15-31-24)18-6-8-22(30-14-18)25(36)29-2;1-17-15-19(26(34)29-2)7-10-23(17)31-28-32-25-24(27(33-28)37-20-11-13-36-14-12-20)22(16-30-25)18-5-8-21(9-6-18)38(3,4)35;1-14(2)37-26-23-18(16-5-7-20-22(11-16)38-15(3)30-20)13-29-24(23)32-27(33-26)31-19-8-6-17(12-21(19)36-4)25(35)28-9-10-34/h5-8,13-15,19H,9-12H2,1-4H3,(H,29,36)(H2,31,32,33,34);5-10,15-16,20H,3,11-14H2,1-2,4H3,(H,29,34)(H2,30,31,32,33);5-8,11-14,34H,9-10H2,1-4H3,(H,28,35)(H2,29,31,32,33). The fraction of sp³-hybridized carbons (Fsp3) is 0.289. The molecule has 2 aliphatic heterocycles. The number of carbonyl (C=O) groups is 4. The molecule has 10 N–H and O–H groups in total. The normalized spacial score (nSPS) is 13.6. The van der Waals surface area contributed by atoms with E-state index in [-0.39, 0.29) is 55.1 Å². The molecule has 5 aromatic carbocycles. The van der Waals surface area contributed by atoms with E-state index in [1.54, 1.807) is 81.9 Å². The smallest absolute Gasteiger partial charge is 0.269 e. The summed E-state index contributed by atoms with van der Waals surface area (Å²) in [4.78, 5) is 97.6. The number of H-pyrrole nitrogens is 3. The second-order valence-electron chi connectivity index (χ2n) is 27.9. The second-order valence-corrected chi connectivity index (χ2v) is 30.4. The Kier molecular flexibility index (Phi) is 24.6. The van der Waals surface area contributed by atoms with E-state index >= 15 is 0 Å². The monoisotopic (exact) mass is 1580 g/mol. The molecule has 0 aliphatic carbocycles. The highest BCUT2D eigenvalue weighted by Gasteiger charge is 2.27. The van der Waals surface area contributed by atoms with Gasteiger partial charge in [0, 0.05) is 154 Å². The summed E-state index contributed by atoms with van der Waals surface area (Å²) in [6.07, 6.45) is 11.7. The Labute approximate surface area is 662 Å². The fourth-order valence-corrected chi connectivity index (χ4v) is 13.7. The summed E-state index contributed by atoms with van der Waals surface area (Å²) in [6.45, 7) is 12.1. The van der Waals surface area contributed by atoms with E-state index in [0.717, 1.165) is 103 Å². The van der Waals surface area contributed by atoms with E-state index in [9.17, 15) is 23.4 Å². The number of ether oxygens (including phenoxy) is 6. The summed E-state index contributed by atoms with van der Waals surface area (Å²) < 4.78 is 53.6. The molecular formula is C83H90N18O13S. The minimum Gasteiger partial charge on any atom is -0.495 e. The summed E-state index contributed by atoms with van der Waals surface area (Å²) >= 11 is 0. The molecule has 15 rings (SSSR count). The Balaban J connectivity index is 0.000000150. The van der Waals surface area contributed by atoms with Crippen molar-refractivity contribution in [3.63, 3.8) is 0 Å². The molecule has 2 aliphatic rings. The van der Waals surface area contributed by atoms with Gasteiger partial charge in [-0.1, -0.05) is 24.3 Å². The van der Waals surface area contributed by atoms with Crippen LogP contribution in [-0.2, 0) is 19.0 Å². The number of carbonyl (C=O) groups excluding carboxylic acids is 4. The first-order valence-corrected chi connectivity index (χ1v) is 39.4. The maximum Gasteiger partial charge on any atom is 0.269 e. The molecule has 13 aromatic rings. The van der Waals surface area contributed by atoms with E-state index in [4.69, 9.17) is 57.9 Å². The van der Waals surface area contributed by atoms with E-state index in [0.29, 0.717) is 129 Å². The minimum atomic E-state index is -2.31. The maximum atomic E-state index is 12.4. The highest BCUT2D eigenvalue weighted by molar-refractivity contribution is 7.99. The third kappa shape index (κ3) is 18.7. The molecule has 32 heteroatoms. The van der Waals surface area contributed by atoms with Crippen molar-refractivity contribution in [1.82, 2.24) is 75.7 Å². The Morgan fingerprint density at radius 2 is 1.08 bits per heavy atom. The molecule has 2 saturated heterocycles. The number of pyridine rings is 1. The summed E-state index contributed by atoms with van der Waals surface area (Å²) in [6, 6.07) is 32.7. The molecule has 0 saturated carbocycles. The summed E-state index contributed by atoms with van der Waals surface area (Å²) in [5.74, 6) is 6.39. The topological polar surface area (TPSA) is 400 Å². The van der Waals surface area contributed by atoms with E-state index in [1.165, 1.54) is 7.11 Å². The number of hydrogen-bond acceptors (Lipinski definition) is 24. The number of aromatic amines is 3. The first-order valence-electron chi connectivity index (χ1n) is 37.3. The second kappa shape index (κ2) is 35.3. The van der Waals surface area contributed by atoms with Crippen molar-refractivity contribution in [3.05, 3.63) is 173 Å². The van der Waals surface area contributed by atoms with Gasteiger partial charge in [-0.15, -0.1) is 0 Å². The van der Waals surface area contributed by atoms with Crippen LogP contribution in [0.5, 0.6) is 23.4 Å². The fourth-order valence-electron chi connectivity index (χ4n) is 13.0. The van der Waals surface area contributed by atoms with Gasteiger partial charge in [0.2, 0.25) is 35.5 Å². The predicted molar refractivity (Wildman–Crippen MR) is 442 cm³/mol. The Morgan fingerprint density at radius 3 is 1.58 bits per heavy atom. The van der Waals surface area contributed by atoms with Gasteiger partial charge in [-0.25, -0.2) is 4.98 Å². The van der Waals surface area contributed by atoms with Crippen molar-refractivity contribution in [2.75, 3.05) is 97.1 Å². The van der Waals surface area contributed by atoms with E-state index < -0.39 is 9.52 Å². The van der Waals surface area contributed by atoms with Gasteiger partial charge in [0.25, 0.3) is 23.6 Å². The number of oxazole rings is 1. The van der Waals surface area contributed by atoms with Crippen LogP contribution in [0, 0.1) is 20.8 Å². The van der Waals surface area contributed by atoms with Crippen molar-refractivity contribution in [1.29, 1.82) is 0 Å². The lowest BCUT2D eigenvalue weighted by molar-refractivity contribution is 0.0242. The van der Waals surface area contributed by atoms with Gasteiger partial charge in [0.1, 0.15) is 46.1 Å². The van der Waals surface area contributed by atoms with Crippen LogP contribution in [0.15, 0.2) is 143 Å². The van der Waals surface area contributed by atoms with Crippen molar-refractivity contribution in [2.45, 2.75) is 83.5 Å². The first kappa shape index (κ1) is 80.0. The minimum absolute atomic E-state index is 0.0238. The van der Waals surface area contributed by atoms with Crippen LogP contribution in [0.2, 0.25) is 0 Å². The number of benzene rings is 5. The molecule has 1 unspecified atom stereocenters. The zero-order valence-electron chi connectivity index (χ0n) is 65.5. The Morgan fingerprint density at radius 1 is 0.591 bits per heavy atom. The summed E-state index contributed by atoms with van der Waals surface area (Å²) in [7, 11) is 5.83. The number of amides is 4. The Bertz CT molecular complexity index is 5850. The number of nitrogens with one attached hydrogen (secondary N) is 9. The number of hydrogen-bond donors (Lipinski definition) is 10. The summed E-state index contributed by atoms with van der Waals surface area (Å²) in [5, 5.41) is 28.8. The number of aliphatic hydroxyl groups is 1. The average Bonchev–Trinajstić information content (AvgIpc) is 1.65. The number of aryl methyl sites for hydroxylation is 3. The molecule has 10 heterocycles. The number of aromatic nitrogens is 11. The van der Waals surface area contributed by atoms with Crippen LogP contribution in [0.3, 0.4) is 0 Å². The molecule has 0 spiro atoms. The molecule has 0 bridgehead atoms. The molecule has 4 amide bonds. The number of nitrogens with zero attached hydrogens (tertiary/aromatic N) is 9. The maximum absolute atomic E-state index is 12.4. The lowest BCUT2D eigenvalue weighted by atomic mass is 10.1. The predicted octanol–water partition coefficient (Wildman–Crippen LogP) is 12.3. The molecular weight excluding hydrogens is 1490 g/mol. The van der Waals surface area contributed by atoms with Gasteiger partial charge in [0.05, 0.1) is 68.1 Å². The van der Waals surface area contributed by atoms with Crippen LogP contribution in [0.25, 0.3) is 77.6 Å². The molecule has 2 fully saturated rings. The van der Waals surface area contributed by atoms with Crippen LogP contribution in [0.4, 0.5) is 34.9 Å². The molecule has 0 radical (unpaired) electrons. The van der Waals surface area contributed by atoms with Crippen molar-refractivity contribution in [3.8, 4) is 56.8 Å². The van der Waals surface area contributed by atoms with Gasteiger partial charge in [0.15, 0.2) is 11.5 Å². The molecule has 596 valence electrons. The lowest BCUT2D eigenvalue weighted by Crippen LogP contribution is -2.26. The van der Waals surface area contributed by atoms with Gasteiger partial charge in [-0.2, -0.15) is 29.9 Å². The van der Waals surface area contributed by atoms with E-state index in [2.05, 4.69) is 72.7 Å². The molecule has 8 aromatic heterocycles. The van der Waals surface area contributed by atoms with Crippen LogP contribution < -0.4 is 50.8 Å². The van der Waals surface area contributed by atoms with Crippen LogP contribution >= 0.6 is 0 Å². The van der Waals surface area contributed by atoms with E-state index in [1.807, 2.05) is 126 Å². The quantitative estimate of drug-likeness (QED) is 0.0266. The zero-order chi connectivity index (χ0) is 81.2. The molecule has 1 atom stereocenters. The largest absolute Gasteiger partial charge is 0.495 e. The van der Waals surface area contributed by atoms with Crippen molar-refractivity contribution in [2.24, 2.45) is 0 Å². The Hall–Kier alpha value is -13.0. The highest BCUT2D eigenvalue weighted by Crippen LogP contribution is 2.41. The third-order valence-corrected chi connectivity index (χ3v) is 20.2. The van der Waals surface area contributed by atoms with Crippen LogP contribution in [-0.4, -0.2) is 198 Å². The van der Waals surface area contributed by atoms with Crippen LogP contribution in [0.1, 0.15) is 98.1 Å². The number of aliphatic hydroxyl groups excluding tert-OH is 1. The van der Waals surface area contributed by atoms with Crippen molar-refractivity contribution < 1.29 is 61.3 Å². The third-order valence-electron chi connectivity index (χ3n) is 18.9. The number of methoxy groups -OCH3 is 1. The van der Waals surface area contributed by atoms with Crippen molar-refractivity contribution >= 4 is 118 Å². The SMILES string of the molecule is C=S(C)(=O)c1ccc(-c2c[nH]c3nc(Nc4ccc(C(=O)NC)cc4C)nc(OC4CCOCC4)c23)cc1.CNC(=O)c1ccc(-c2c[nH]c3nc(Nc4ccc(C(=O)N(C)C)cc4C)nc(OC4CCOCC4)c23)cn1.COc1cc(C(=O)NCCO)ccc1Nc1nc(OC(C)C)c2c(-c3ccc4nc(C)oc4c3)c[nH]c2n1.